The van der Waals surface area contributed by atoms with Gasteiger partial charge in [-0.2, -0.15) is 0 Å². The van der Waals surface area contributed by atoms with Gasteiger partial charge in [0.2, 0.25) is 5.79 Å². The van der Waals surface area contributed by atoms with E-state index < -0.39 is 5.79 Å². The Balaban J connectivity index is 2.16. The van der Waals surface area contributed by atoms with Gasteiger partial charge in [0.1, 0.15) is 12.4 Å². The van der Waals surface area contributed by atoms with Crippen LogP contribution in [0.25, 0.3) is 0 Å². The molecule has 3 heteroatoms. The summed E-state index contributed by atoms with van der Waals surface area (Å²) in [5.74, 6) is -0.103. The predicted octanol–water partition coefficient (Wildman–Crippen LogP) is 3.21. The molecule has 0 N–H and O–H groups in total. The summed E-state index contributed by atoms with van der Waals surface area (Å²) in [5, 5.41) is 0. The van der Waals surface area contributed by atoms with E-state index in [1.54, 1.807) is 14.2 Å². The molecule has 0 radical (unpaired) electrons. The number of methoxy groups -OCH3 is 2. The molecule has 0 aliphatic carbocycles. The molecule has 0 heterocycles. The predicted molar refractivity (Wildman–Crippen MR) is 74.1 cm³/mol. The van der Waals surface area contributed by atoms with Gasteiger partial charge in [0.15, 0.2) is 0 Å². The van der Waals surface area contributed by atoms with Gasteiger partial charge < -0.3 is 14.2 Å². The lowest BCUT2D eigenvalue weighted by molar-refractivity contribution is -0.231. The van der Waals surface area contributed by atoms with Crippen LogP contribution in [0.2, 0.25) is 0 Å². The smallest absolute Gasteiger partial charge is 0.229 e. The number of hydrogen-bond donors (Lipinski definition) is 0. The van der Waals surface area contributed by atoms with E-state index in [0.717, 1.165) is 11.3 Å². The standard InChI is InChI=1S/C16H18O3/c1-17-16(18-2,14-9-5-3-6-10-14)13-19-15-11-7-4-8-12-15/h3-12H,13H2,1-2H3. The summed E-state index contributed by atoms with van der Waals surface area (Å²) < 4.78 is 16.9. The van der Waals surface area contributed by atoms with Gasteiger partial charge in [-0.15, -0.1) is 0 Å². The first-order valence-electron chi connectivity index (χ1n) is 6.14. The largest absolute Gasteiger partial charge is 0.488 e. The van der Waals surface area contributed by atoms with Gasteiger partial charge in [-0.3, -0.25) is 0 Å². The first kappa shape index (κ1) is 13.6. The van der Waals surface area contributed by atoms with Crippen molar-refractivity contribution in [2.24, 2.45) is 0 Å². The second-order valence-electron chi connectivity index (χ2n) is 4.13. The Labute approximate surface area is 113 Å². The number of hydrogen-bond acceptors (Lipinski definition) is 3. The molecule has 0 bridgehead atoms. The van der Waals surface area contributed by atoms with Gasteiger partial charge in [-0.05, 0) is 12.1 Å². The Kier molecular flexibility index (Phi) is 4.55. The van der Waals surface area contributed by atoms with Gasteiger partial charge in [0.05, 0.1) is 0 Å². The molecule has 0 saturated carbocycles. The molecule has 0 atom stereocenters. The van der Waals surface area contributed by atoms with Crippen molar-refractivity contribution >= 4 is 0 Å². The number of para-hydroxylation sites is 1. The van der Waals surface area contributed by atoms with Crippen LogP contribution in [-0.2, 0) is 15.3 Å². The zero-order valence-electron chi connectivity index (χ0n) is 11.2. The third-order valence-corrected chi connectivity index (χ3v) is 3.05. The fourth-order valence-electron chi connectivity index (χ4n) is 1.91. The molecule has 0 spiro atoms. The van der Waals surface area contributed by atoms with Crippen molar-refractivity contribution in [1.82, 2.24) is 0 Å². The van der Waals surface area contributed by atoms with E-state index in [4.69, 9.17) is 14.2 Å². The van der Waals surface area contributed by atoms with Crippen molar-refractivity contribution in [2.45, 2.75) is 5.79 Å². The van der Waals surface area contributed by atoms with Crippen LogP contribution in [0.1, 0.15) is 5.56 Å². The fraction of sp³-hybridized carbons (Fsp3) is 0.250. The maximum atomic E-state index is 5.76. The Morgan fingerprint density at radius 2 is 1.32 bits per heavy atom. The molecule has 0 amide bonds. The third-order valence-electron chi connectivity index (χ3n) is 3.05. The van der Waals surface area contributed by atoms with Crippen molar-refractivity contribution < 1.29 is 14.2 Å². The van der Waals surface area contributed by atoms with Crippen LogP contribution in [0.3, 0.4) is 0 Å². The fourth-order valence-corrected chi connectivity index (χ4v) is 1.91. The lowest BCUT2D eigenvalue weighted by atomic mass is 10.1. The molecule has 3 nitrogen and oxygen atoms in total. The van der Waals surface area contributed by atoms with Crippen LogP contribution in [0.15, 0.2) is 60.7 Å². The summed E-state index contributed by atoms with van der Waals surface area (Å²) in [6, 6.07) is 19.4. The second kappa shape index (κ2) is 6.36. The summed E-state index contributed by atoms with van der Waals surface area (Å²) in [7, 11) is 3.23. The third kappa shape index (κ3) is 3.13. The van der Waals surface area contributed by atoms with Gasteiger partial charge in [-0.25, -0.2) is 0 Å². The maximum Gasteiger partial charge on any atom is 0.229 e. The van der Waals surface area contributed by atoms with Gasteiger partial charge in [-0.1, -0.05) is 48.5 Å². The van der Waals surface area contributed by atoms with E-state index in [-0.39, 0.29) is 6.61 Å². The first-order valence-corrected chi connectivity index (χ1v) is 6.14. The molecule has 19 heavy (non-hydrogen) atoms. The minimum Gasteiger partial charge on any atom is -0.488 e. The Morgan fingerprint density at radius 3 is 1.84 bits per heavy atom. The normalized spacial score (nSPS) is 11.3. The van der Waals surface area contributed by atoms with Gasteiger partial charge in [0, 0.05) is 19.8 Å². The van der Waals surface area contributed by atoms with Crippen molar-refractivity contribution in [3.05, 3.63) is 66.2 Å². The minimum absolute atomic E-state index is 0.286. The van der Waals surface area contributed by atoms with Crippen LogP contribution in [0, 0.1) is 0 Å². The molecule has 0 aromatic heterocycles. The highest BCUT2D eigenvalue weighted by Crippen LogP contribution is 2.27. The minimum atomic E-state index is -0.892. The van der Waals surface area contributed by atoms with E-state index in [0.29, 0.717) is 0 Å². The van der Waals surface area contributed by atoms with E-state index >= 15 is 0 Å². The lowest BCUT2D eigenvalue weighted by Crippen LogP contribution is -2.37. The summed E-state index contributed by atoms with van der Waals surface area (Å²) in [6.07, 6.45) is 0. The summed E-state index contributed by atoms with van der Waals surface area (Å²) in [5.41, 5.74) is 0.927. The molecule has 2 aromatic carbocycles. The van der Waals surface area contributed by atoms with Crippen LogP contribution in [0.5, 0.6) is 5.75 Å². The Bertz CT molecular complexity index is 478. The molecule has 2 rings (SSSR count). The number of ether oxygens (including phenoxy) is 3. The molecule has 0 fully saturated rings. The second-order valence-corrected chi connectivity index (χ2v) is 4.13. The van der Waals surface area contributed by atoms with Gasteiger partial charge >= 0.3 is 0 Å². The van der Waals surface area contributed by atoms with Crippen LogP contribution in [-0.4, -0.2) is 20.8 Å². The molecule has 2 aromatic rings. The zero-order chi connectivity index (χ0) is 13.6. The highest BCUT2D eigenvalue weighted by molar-refractivity contribution is 5.23. The quantitative estimate of drug-likeness (QED) is 0.745. The molecule has 0 unspecified atom stereocenters. The van der Waals surface area contributed by atoms with Crippen LogP contribution in [0.4, 0.5) is 0 Å². The van der Waals surface area contributed by atoms with E-state index in [2.05, 4.69) is 0 Å². The lowest BCUT2D eigenvalue weighted by Gasteiger charge is -2.31. The highest BCUT2D eigenvalue weighted by atomic mass is 16.7. The van der Waals surface area contributed by atoms with E-state index in [1.807, 2.05) is 60.7 Å². The number of rotatable bonds is 6. The van der Waals surface area contributed by atoms with Crippen molar-refractivity contribution in [1.29, 1.82) is 0 Å². The molecule has 0 aliphatic heterocycles. The summed E-state index contributed by atoms with van der Waals surface area (Å²) in [6.45, 7) is 0.286. The first-order chi connectivity index (χ1) is 9.30. The number of benzene rings is 2. The average Bonchev–Trinajstić information content (AvgIpc) is 2.51. The zero-order valence-corrected chi connectivity index (χ0v) is 11.2. The molecular formula is C16H18O3. The van der Waals surface area contributed by atoms with Crippen molar-refractivity contribution in [2.75, 3.05) is 20.8 Å². The Morgan fingerprint density at radius 1 is 0.789 bits per heavy atom. The topological polar surface area (TPSA) is 27.7 Å². The molecule has 100 valence electrons. The van der Waals surface area contributed by atoms with E-state index in [9.17, 15) is 0 Å². The SMILES string of the molecule is COC(COc1ccccc1)(OC)c1ccccc1. The monoisotopic (exact) mass is 258 g/mol. The Hall–Kier alpha value is -1.84. The highest BCUT2D eigenvalue weighted by Gasteiger charge is 2.33. The van der Waals surface area contributed by atoms with Crippen LogP contribution < -0.4 is 4.74 Å². The van der Waals surface area contributed by atoms with E-state index in [1.165, 1.54) is 0 Å². The molecule has 0 saturated heterocycles. The summed E-state index contributed by atoms with van der Waals surface area (Å²) >= 11 is 0. The maximum absolute atomic E-state index is 5.76. The van der Waals surface area contributed by atoms with Crippen molar-refractivity contribution in [3.8, 4) is 5.75 Å². The molecule has 0 aliphatic rings. The molecular weight excluding hydrogens is 240 g/mol. The van der Waals surface area contributed by atoms with Gasteiger partial charge in [0.25, 0.3) is 0 Å². The van der Waals surface area contributed by atoms with Crippen LogP contribution >= 0.6 is 0 Å². The van der Waals surface area contributed by atoms with Crippen molar-refractivity contribution in [3.63, 3.8) is 0 Å². The average molecular weight is 258 g/mol. The summed E-state index contributed by atoms with van der Waals surface area (Å²) in [4.78, 5) is 0.